The van der Waals surface area contributed by atoms with E-state index < -0.39 is 12.0 Å². The Balaban J connectivity index is 1.84. The predicted molar refractivity (Wildman–Crippen MR) is 55.5 cm³/mol. The van der Waals surface area contributed by atoms with Crippen LogP contribution in [0, 0.1) is 0 Å². The molecule has 0 aromatic carbocycles. The highest BCUT2D eigenvalue weighted by molar-refractivity contribution is 5.73. The van der Waals surface area contributed by atoms with Crippen molar-refractivity contribution in [3.05, 3.63) is 0 Å². The quantitative estimate of drug-likeness (QED) is 0.740. The van der Waals surface area contributed by atoms with Gasteiger partial charge in [-0.15, -0.1) is 0 Å². The number of hydrogen-bond donors (Lipinski definition) is 2. The van der Waals surface area contributed by atoms with Gasteiger partial charge in [0.15, 0.2) is 0 Å². The summed E-state index contributed by atoms with van der Waals surface area (Å²) in [5.74, 6) is -0.925. The molecule has 0 amide bonds. The summed E-state index contributed by atoms with van der Waals surface area (Å²) < 4.78 is 5.99. The van der Waals surface area contributed by atoms with Crippen LogP contribution in [-0.4, -0.2) is 28.8 Å². The normalized spacial score (nSPS) is 30.9. The first-order chi connectivity index (χ1) is 7.11. The molecule has 2 rings (SSSR count). The first-order valence-electron chi connectivity index (χ1n) is 5.77. The van der Waals surface area contributed by atoms with Crippen molar-refractivity contribution in [1.29, 1.82) is 0 Å². The number of carbonyl (C=O) groups is 1. The fraction of sp³-hybridized carbons (Fsp3) is 0.909. The van der Waals surface area contributed by atoms with Gasteiger partial charge in [0.05, 0.1) is 11.7 Å². The van der Waals surface area contributed by atoms with Gasteiger partial charge in [-0.05, 0) is 32.1 Å². The first-order valence-corrected chi connectivity index (χ1v) is 5.77. The minimum absolute atomic E-state index is 0.0641. The highest BCUT2D eigenvalue weighted by atomic mass is 16.5. The molecule has 3 N–H and O–H groups in total. The van der Waals surface area contributed by atoms with Crippen LogP contribution < -0.4 is 5.73 Å². The number of hydrogen-bond acceptors (Lipinski definition) is 3. The second kappa shape index (κ2) is 4.10. The molecule has 15 heavy (non-hydrogen) atoms. The summed E-state index contributed by atoms with van der Waals surface area (Å²) in [5, 5.41) is 8.72. The minimum atomic E-state index is -0.925. The summed E-state index contributed by atoms with van der Waals surface area (Å²) in [6, 6.07) is -0.772. The van der Waals surface area contributed by atoms with Gasteiger partial charge in [-0.3, -0.25) is 4.79 Å². The Kier molecular flexibility index (Phi) is 2.98. The Morgan fingerprint density at radius 1 is 1.47 bits per heavy atom. The molecule has 2 atom stereocenters. The molecule has 1 unspecified atom stereocenters. The lowest BCUT2D eigenvalue weighted by atomic mass is 9.97. The highest BCUT2D eigenvalue weighted by Gasteiger charge is 2.42. The number of nitrogens with two attached hydrogens (primary N) is 1. The predicted octanol–water partition coefficient (Wildman–Crippen LogP) is 1.28. The fourth-order valence-electron chi connectivity index (χ4n) is 2.83. The number of carboxylic acid groups (broad SMARTS) is 1. The molecule has 0 aromatic heterocycles. The van der Waals surface area contributed by atoms with Crippen molar-refractivity contribution in [1.82, 2.24) is 0 Å². The van der Waals surface area contributed by atoms with Gasteiger partial charge < -0.3 is 15.6 Å². The average Bonchev–Trinajstić information content (AvgIpc) is 2.78. The Hall–Kier alpha value is -0.610. The summed E-state index contributed by atoms with van der Waals surface area (Å²) in [4.78, 5) is 10.6. The Labute approximate surface area is 89.8 Å². The van der Waals surface area contributed by atoms with E-state index in [-0.39, 0.29) is 11.7 Å². The van der Waals surface area contributed by atoms with Crippen molar-refractivity contribution in [3.8, 4) is 0 Å². The maximum absolute atomic E-state index is 10.6. The third-order valence-corrected chi connectivity index (χ3v) is 3.69. The lowest BCUT2D eigenvalue weighted by Gasteiger charge is -2.24. The van der Waals surface area contributed by atoms with Crippen LogP contribution in [0.5, 0.6) is 0 Å². The molecule has 1 saturated carbocycles. The van der Waals surface area contributed by atoms with Gasteiger partial charge in [-0.25, -0.2) is 0 Å². The molecule has 1 saturated heterocycles. The number of aliphatic carboxylic acids is 1. The van der Waals surface area contributed by atoms with E-state index in [1.807, 2.05) is 0 Å². The van der Waals surface area contributed by atoms with Gasteiger partial charge in [0, 0.05) is 0 Å². The largest absolute Gasteiger partial charge is 0.480 e. The monoisotopic (exact) mass is 213 g/mol. The van der Waals surface area contributed by atoms with Crippen molar-refractivity contribution in [2.45, 2.75) is 62.7 Å². The number of carboxylic acids is 1. The van der Waals surface area contributed by atoms with E-state index in [9.17, 15) is 4.79 Å². The van der Waals surface area contributed by atoms with Gasteiger partial charge in [-0.2, -0.15) is 0 Å². The van der Waals surface area contributed by atoms with Gasteiger partial charge >= 0.3 is 5.97 Å². The summed E-state index contributed by atoms with van der Waals surface area (Å²) in [6.07, 6.45) is 7.36. The Morgan fingerprint density at radius 2 is 2.13 bits per heavy atom. The highest BCUT2D eigenvalue weighted by Crippen LogP contribution is 2.44. The van der Waals surface area contributed by atoms with E-state index in [1.165, 1.54) is 12.8 Å². The Bertz CT molecular complexity index is 248. The lowest BCUT2D eigenvalue weighted by molar-refractivity contribution is -0.140. The maximum atomic E-state index is 10.6. The zero-order valence-electron chi connectivity index (χ0n) is 8.95. The van der Waals surface area contributed by atoms with Crippen LogP contribution in [-0.2, 0) is 9.53 Å². The molecular weight excluding hydrogens is 194 g/mol. The zero-order chi connectivity index (χ0) is 10.9. The minimum Gasteiger partial charge on any atom is -0.480 e. The maximum Gasteiger partial charge on any atom is 0.320 e. The van der Waals surface area contributed by atoms with E-state index in [0.29, 0.717) is 6.42 Å². The van der Waals surface area contributed by atoms with Crippen LogP contribution in [0.25, 0.3) is 0 Å². The second-order valence-corrected chi connectivity index (χ2v) is 4.85. The summed E-state index contributed by atoms with van der Waals surface area (Å²) in [7, 11) is 0. The van der Waals surface area contributed by atoms with Gasteiger partial charge in [0.1, 0.15) is 6.04 Å². The SMILES string of the molecule is N[C@@H](CC1CCC2(CCCC2)O1)C(=O)O. The molecule has 1 aliphatic carbocycles. The third kappa shape index (κ3) is 2.32. The molecule has 0 bridgehead atoms. The Morgan fingerprint density at radius 3 is 2.73 bits per heavy atom. The van der Waals surface area contributed by atoms with Gasteiger partial charge in [0.25, 0.3) is 0 Å². The molecule has 2 fully saturated rings. The first kappa shape index (κ1) is 10.9. The van der Waals surface area contributed by atoms with Crippen LogP contribution in [0.2, 0.25) is 0 Å². The van der Waals surface area contributed by atoms with E-state index in [1.54, 1.807) is 0 Å². The van der Waals surface area contributed by atoms with Crippen LogP contribution in [0.4, 0.5) is 0 Å². The molecule has 0 radical (unpaired) electrons. The fourth-order valence-corrected chi connectivity index (χ4v) is 2.83. The molecular formula is C11H19NO3. The van der Waals surface area contributed by atoms with Crippen molar-refractivity contribution in [2.75, 3.05) is 0 Å². The lowest BCUT2D eigenvalue weighted by Crippen LogP contribution is -2.35. The topological polar surface area (TPSA) is 72.5 Å². The van der Waals surface area contributed by atoms with E-state index in [4.69, 9.17) is 15.6 Å². The molecule has 86 valence electrons. The molecule has 1 heterocycles. The summed E-state index contributed by atoms with van der Waals surface area (Å²) in [5.41, 5.74) is 5.59. The van der Waals surface area contributed by atoms with Crippen molar-refractivity contribution < 1.29 is 14.6 Å². The van der Waals surface area contributed by atoms with Crippen LogP contribution in [0.3, 0.4) is 0 Å². The number of rotatable bonds is 3. The zero-order valence-corrected chi connectivity index (χ0v) is 8.95. The molecule has 0 aromatic rings. The van der Waals surface area contributed by atoms with Gasteiger partial charge in [-0.1, -0.05) is 12.8 Å². The number of ether oxygens (including phenoxy) is 1. The summed E-state index contributed by atoms with van der Waals surface area (Å²) >= 11 is 0. The van der Waals surface area contributed by atoms with Crippen LogP contribution in [0.1, 0.15) is 44.9 Å². The molecule has 1 aliphatic heterocycles. The third-order valence-electron chi connectivity index (χ3n) is 3.69. The van der Waals surface area contributed by atoms with Crippen molar-refractivity contribution in [2.24, 2.45) is 5.73 Å². The van der Waals surface area contributed by atoms with E-state index >= 15 is 0 Å². The molecule has 4 nitrogen and oxygen atoms in total. The van der Waals surface area contributed by atoms with Crippen molar-refractivity contribution in [3.63, 3.8) is 0 Å². The van der Waals surface area contributed by atoms with Gasteiger partial charge in [0.2, 0.25) is 0 Å². The molecule has 1 spiro atoms. The standard InChI is InChI=1S/C11H19NO3/c12-9(10(13)14)7-8-3-6-11(15-8)4-1-2-5-11/h8-9H,1-7,12H2,(H,13,14)/t8?,9-/m0/s1. The van der Waals surface area contributed by atoms with Crippen molar-refractivity contribution >= 4 is 5.97 Å². The van der Waals surface area contributed by atoms with E-state index in [0.717, 1.165) is 25.7 Å². The molecule has 4 heteroatoms. The van der Waals surface area contributed by atoms with E-state index in [2.05, 4.69) is 0 Å². The average molecular weight is 213 g/mol. The van der Waals surface area contributed by atoms with Crippen LogP contribution in [0.15, 0.2) is 0 Å². The smallest absolute Gasteiger partial charge is 0.320 e. The van der Waals surface area contributed by atoms with Crippen LogP contribution >= 0.6 is 0 Å². The summed E-state index contributed by atoms with van der Waals surface area (Å²) in [6.45, 7) is 0. The molecule has 2 aliphatic rings. The second-order valence-electron chi connectivity index (χ2n) is 4.85.